The van der Waals surface area contributed by atoms with Crippen LogP contribution < -0.4 is 30.2 Å². The van der Waals surface area contributed by atoms with Crippen molar-refractivity contribution in [2.24, 2.45) is 12.8 Å². The third-order valence-corrected chi connectivity index (χ3v) is 5.51. The molecule has 1 atom stereocenters. The van der Waals surface area contributed by atoms with E-state index in [2.05, 4.69) is 6.07 Å². The van der Waals surface area contributed by atoms with Crippen LogP contribution in [0.15, 0.2) is 52.6 Å². The molecule has 1 aliphatic rings. The second-order valence-electron chi connectivity index (χ2n) is 6.97. The molecular weight excluding hydrogens is 398 g/mol. The van der Waals surface area contributed by atoms with Crippen molar-refractivity contribution in [3.8, 4) is 29.1 Å². The maximum absolute atomic E-state index is 13.5. The molecule has 0 bridgehead atoms. The van der Waals surface area contributed by atoms with Gasteiger partial charge in [0.25, 0.3) is 5.56 Å². The average Bonchev–Trinajstić information content (AvgIpc) is 2.80. The van der Waals surface area contributed by atoms with Crippen molar-refractivity contribution < 1.29 is 18.9 Å². The van der Waals surface area contributed by atoms with Gasteiger partial charge in [0.1, 0.15) is 17.4 Å². The number of methoxy groups -OCH3 is 3. The zero-order chi connectivity index (χ0) is 22.3. The number of para-hydroxylation sites is 1. The fraction of sp³-hybridized carbons (Fsp3) is 0.217. The molecule has 0 saturated heterocycles. The minimum atomic E-state index is -0.813. The summed E-state index contributed by atoms with van der Waals surface area (Å²) < 4.78 is 23.9. The number of aryl methyl sites for hydroxylation is 1. The SMILES string of the molecule is COc1ccc([C@@H]2C(C#N)=C(N)Oc3c2c(=O)n(C)c2ccccc32)c(OC)c1OC. The van der Waals surface area contributed by atoms with Crippen molar-refractivity contribution in [1.82, 2.24) is 4.57 Å². The van der Waals surface area contributed by atoms with Crippen LogP contribution in [-0.4, -0.2) is 25.9 Å². The number of rotatable bonds is 4. The van der Waals surface area contributed by atoms with Crippen molar-refractivity contribution >= 4 is 10.9 Å². The lowest BCUT2D eigenvalue weighted by atomic mass is 9.82. The minimum Gasteiger partial charge on any atom is -0.493 e. The Morgan fingerprint density at radius 3 is 2.42 bits per heavy atom. The third kappa shape index (κ3) is 2.86. The monoisotopic (exact) mass is 419 g/mol. The third-order valence-electron chi connectivity index (χ3n) is 5.51. The normalized spacial score (nSPS) is 15.1. The van der Waals surface area contributed by atoms with E-state index in [-0.39, 0.29) is 17.0 Å². The summed E-state index contributed by atoms with van der Waals surface area (Å²) in [6.07, 6.45) is 0. The zero-order valence-corrected chi connectivity index (χ0v) is 17.6. The minimum absolute atomic E-state index is 0.0600. The van der Waals surface area contributed by atoms with E-state index in [9.17, 15) is 10.1 Å². The molecule has 0 radical (unpaired) electrons. The molecule has 158 valence electrons. The number of nitriles is 1. The molecule has 0 aliphatic carbocycles. The number of hydrogen-bond acceptors (Lipinski definition) is 7. The lowest BCUT2D eigenvalue weighted by Crippen LogP contribution is -2.31. The Balaban J connectivity index is 2.14. The van der Waals surface area contributed by atoms with E-state index in [1.807, 2.05) is 24.3 Å². The van der Waals surface area contributed by atoms with Gasteiger partial charge in [-0.15, -0.1) is 0 Å². The standard InChI is InChI=1S/C23H21N3O5/c1-26-15-8-6-5-7-12(15)19-18(23(26)27)17(14(11-24)22(25)31-19)13-9-10-16(28-2)21(30-4)20(13)29-3/h5-10,17H,25H2,1-4H3/t17-/m1/s1. The highest BCUT2D eigenvalue weighted by Crippen LogP contribution is 2.49. The van der Waals surface area contributed by atoms with Crippen LogP contribution in [0, 0.1) is 11.3 Å². The highest BCUT2D eigenvalue weighted by Gasteiger charge is 2.37. The van der Waals surface area contributed by atoms with Crippen LogP contribution in [0.1, 0.15) is 17.0 Å². The molecule has 0 unspecified atom stereocenters. The number of nitrogens with zero attached hydrogens (tertiary/aromatic N) is 2. The van der Waals surface area contributed by atoms with Gasteiger partial charge < -0.3 is 29.2 Å². The van der Waals surface area contributed by atoms with Crippen LogP contribution in [0.5, 0.6) is 23.0 Å². The average molecular weight is 419 g/mol. The van der Waals surface area contributed by atoms with Gasteiger partial charge in [-0.2, -0.15) is 5.26 Å². The lowest BCUT2D eigenvalue weighted by Gasteiger charge is -2.29. The van der Waals surface area contributed by atoms with Crippen molar-refractivity contribution in [3.05, 3.63) is 69.3 Å². The molecule has 2 aromatic carbocycles. The molecule has 31 heavy (non-hydrogen) atoms. The Hall–Kier alpha value is -4.12. The second-order valence-corrected chi connectivity index (χ2v) is 6.97. The first-order valence-corrected chi connectivity index (χ1v) is 9.46. The Morgan fingerprint density at radius 2 is 1.77 bits per heavy atom. The quantitative estimate of drug-likeness (QED) is 0.693. The highest BCUT2D eigenvalue weighted by molar-refractivity contribution is 5.88. The van der Waals surface area contributed by atoms with E-state index >= 15 is 0 Å². The largest absolute Gasteiger partial charge is 0.493 e. The van der Waals surface area contributed by atoms with Gasteiger partial charge >= 0.3 is 0 Å². The summed E-state index contributed by atoms with van der Waals surface area (Å²) in [7, 11) is 6.17. The maximum Gasteiger partial charge on any atom is 0.258 e. The molecule has 1 aliphatic heterocycles. The van der Waals surface area contributed by atoms with Crippen LogP contribution in [0.25, 0.3) is 10.9 Å². The summed E-state index contributed by atoms with van der Waals surface area (Å²) >= 11 is 0. The van der Waals surface area contributed by atoms with Gasteiger partial charge in [0.2, 0.25) is 11.6 Å². The Labute approximate surface area is 178 Å². The molecule has 0 fully saturated rings. The summed E-state index contributed by atoms with van der Waals surface area (Å²) in [5.74, 6) is 0.607. The van der Waals surface area contributed by atoms with E-state index < -0.39 is 5.92 Å². The predicted molar refractivity (Wildman–Crippen MR) is 115 cm³/mol. The Morgan fingerprint density at radius 1 is 1.06 bits per heavy atom. The first-order chi connectivity index (χ1) is 15.0. The van der Waals surface area contributed by atoms with Crippen molar-refractivity contribution in [2.75, 3.05) is 21.3 Å². The smallest absolute Gasteiger partial charge is 0.258 e. The van der Waals surface area contributed by atoms with Crippen molar-refractivity contribution in [2.45, 2.75) is 5.92 Å². The molecule has 0 saturated carbocycles. The molecular formula is C23H21N3O5. The molecule has 8 heteroatoms. The molecule has 4 rings (SSSR count). The molecule has 2 heterocycles. The van der Waals surface area contributed by atoms with Gasteiger partial charge in [-0.1, -0.05) is 18.2 Å². The van der Waals surface area contributed by atoms with Crippen LogP contribution >= 0.6 is 0 Å². The van der Waals surface area contributed by atoms with Gasteiger partial charge in [0.05, 0.1) is 38.3 Å². The summed E-state index contributed by atoms with van der Waals surface area (Å²) in [5, 5.41) is 10.6. The second kappa shape index (κ2) is 7.61. The van der Waals surface area contributed by atoms with Gasteiger partial charge in [-0.3, -0.25) is 4.79 Å². The van der Waals surface area contributed by atoms with Crippen molar-refractivity contribution in [1.29, 1.82) is 5.26 Å². The lowest BCUT2D eigenvalue weighted by molar-refractivity contribution is 0.321. The maximum atomic E-state index is 13.5. The highest BCUT2D eigenvalue weighted by atomic mass is 16.5. The van der Waals surface area contributed by atoms with E-state index in [0.717, 1.165) is 0 Å². The number of pyridine rings is 1. The van der Waals surface area contributed by atoms with Gasteiger partial charge in [0.15, 0.2) is 11.5 Å². The molecule has 0 amide bonds. The Kier molecular flexibility index (Phi) is 4.95. The van der Waals surface area contributed by atoms with Crippen LogP contribution in [0.3, 0.4) is 0 Å². The Bertz CT molecular complexity index is 1330. The van der Waals surface area contributed by atoms with E-state index in [4.69, 9.17) is 24.7 Å². The first kappa shape index (κ1) is 20.2. The molecule has 2 N–H and O–H groups in total. The fourth-order valence-electron chi connectivity index (χ4n) is 4.09. The fourth-order valence-corrected chi connectivity index (χ4v) is 4.09. The van der Waals surface area contributed by atoms with Crippen LogP contribution in [-0.2, 0) is 7.05 Å². The van der Waals surface area contributed by atoms with Crippen LogP contribution in [0.2, 0.25) is 0 Å². The molecule has 1 aromatic heterocycles. The van der Waals surface area contributed by atoms with Crippen LogP contribution in [0.4, 0.5) is 0 Å². The van der Waals surface area contributed by atoms with Gasteiger partial charge in [-0.05, 0) is 18.2 Å². The number of ether oxygens (including phenoxy) is 4. The number of hydrogen-bond donors (Lipinski definition) is 1. The summed E-state index contributed by atoms with van der Waals surface area (Å²) in [4.78, 5) is 13.5. The zero-order valence-electron chi connectivity index (χ0n) is 17.6. The van der Waals surface area contributed by atoms with Gasteiger partial charge in [-0.25, -0.2) is 0 Å². The van der Waals surface area contributed by atoms with E-state index in [0.29, 0.717) is 45.0 Å². The summed E-state index contributed by atoms with van der Waals surface area (Å²) in [6.45, 7) is 0. The molecule has 3 aromatic rings. The predicted octanol–water partition coefficient (Wildman–Crippen LogP) is 2.78. The van der Waals surface area contributed by atoms with E-state index in [1.165, 1.54) is 25.9 Å². The van der Waals surface area contributed by atoms with Crippen molar-refractivity contribution in [3.63, 3.8) is 0 Å². The molecule has 0 spiro atoms. The topological polar surface area (TPSA) is 109 Å². The number of fused-ring (bicyclic) bond motifs is 3. The summed E-state index contributed by atoms with van der Waals surface area (Å²) in [6, 6.07) is 12.9. The number of nitrogens with two attached hydrogens (primary N) is 1. The molecule has 8 nitrogen and oxygen atoms in total. The first-order valence-electron chi connectivity index (χ1n) is 9.46. The number of benzene rings is 2. The number of allylic oxidation sites excluding steroid dienone is 1. The number of aromatic nitrogens is 1. The van der Waals surface area contributed by atoms with Gasteiger partial charge in [0, 0.05) is 18.0 Å². The van der Waals surface area contributed by atoms with E-state index in [1.54, 1.807) is 19.2 Å². The summed E-state index contributed by atoms with van der Waals surface area (Å²) in [5.41, 5.74) is 7.51.